The van der Waals surface area contributed by atoms with Crippen molar-refractivity contribution in [2.45, 2.75) is 19.4 Å². The van der Waals surface area contributed by atoms with Gasteiger partial charge in [-0.2, -0.15) is 0 Å². The second-order valence-electron chi connectivity index (χ2n) is 5.06. The third kappa shape index (κ3) is 2.89. The van der Waals surface area contributed by atoms with E-state index in [-0.39, 0.29) is 23.5 Å². The second kappa shape index (κ2) is 4.85. The Kier molecular flexibility index (Phi) is 3.54. The van der Waals surface area contributed by atoms with E-state index in [0.717, 1.165) is 5.56 Å². The number of nitrogens with two attached hydrogens (primary N) is 1. The number of nitrogens with zero attached hydrogens (tertiary/aromatic N) is 1. The fourth-order valence-electron chi connectivity index (χ4n) is 2.31. The summed E-state index contributed by atoms with van der Waals surface area (Å²) < 4.78 is 22.9. The van der Waals surface area contributed by atoms with Crippen LogP contribution in [0.15, 0.2) is 18.2 Å². The molecule has 0 bridgehead atoms. The van der Waals surface area contributed by atoms with Crippen LogP contribution in [0.1, 0.15) is 22.3 Å². The average Bonchev–Trinajstić information content (AvgIpc) is 2.68. The fraction of sp³-hybridized carbons (Fsp3) is 0.462. The van der Waals surface area contributed by atoms with E-state index < -0.39 is 9.84 Å². The van der Waals surface area contributed by atoms with Crippen molar-refractivity contribution in [1.29, 1.82) is 0 Å². The van der Waals surface area contributed by atoms with Crippen LogP contribution in [-0.2, 0) is 9.84 Å². The lowest BCUT2D eigenvalue weighted by Crippen LogP contribution is -2.38. The number of benzene rings is 1. The van der Waals surface area contributed by atoms with Gasteiger partial charge in [0.25, 0.3) is 5.91 Å². The van der Waals surface area contributed by atoms with Gasteiger partial charge in [0.1, 0.15) is 0 Å². The maximum absolute atomic E-state index is 12.3. The van der Waals surface area contributed by atoms with E-state index in [4.69, 9.17) is 5.73 Å². The largest absolute Gasteiger partial charge is 0.398 e. The number of anilines is 1. The average molecular weight is 282 g/mol. The number of hydrogen-bond acceptors (Lipinski definition) is 4. The van der Waals surface area contributed by atoms with Gasteiger partial charge in [0, 0.05) is 18.8 Å². The zero-order valence-electron chi connectivity index (χ0n) is 11.1. The molecule has 1 aliphatic rings. The van der Waals surface area contributed by atoms with E-state index in [1.807, 2.05) is 13.0 Å². The number of sulfone groups is 1. The predicted octanol–water partition coefficient (Wildman–Crippen LogP) is 0.836. The maximum atomic E-state index is 12.3. The van der Waals surface area contributed by atoms with E-state index in [9.17, 15) is 13.2 Å². The van der Waals surface area contributed by atoms with E-state index in [1.54, 1.807) is 19.2 Å². The van der Waals surface area contributed by atoms with Crippen molar-refractivity contribution >= 4 is 21.4 Å². The van der Waals surface area contributed by atoms with Gasteiger partial charge in [0.2, 0.25) is 0 Å². The molecule has 1 aliphatic heterocycles. The Hall–Kier alpha value is -1.56. The molecule has 1 amide bonds. The van der Waals surface area contributed by atoms with Crippen molar-refractivity contribution in [3.8, 4) is 0 Å². The Bertz CT molecular complexity index is 610. The van der Waals surface area contributed by atoms with Crippen LogP contribution in [0.5, 0.6) is 0 Å². The lowest BCUT2D eigenvalue weighted by Gasteiger charge is -2.24. The molecule has 0 aliphatic carbocycles. The van der Waals surface area contributed by atoms with Gasteiger partial charge in [0.15, 0.2) is 9.84 Å². The van der Waals surface area contributed by atoms with Crippen molar-refractivity contribution in [3.05, 3.63) is 29.3 Å². The lowest BCUT2D eigenvalue weighted by molar-refractivity contribution is 0.0749. The first-order chi connectivity index (χ1) is 8.80. The molecule has 2 rings (SSSR count). The molecule has 1 atom stereocenters. The molecule has 1 saturated heterocycles. The molecule has 0 radical (unpaired) electrons. The molecule has 1 unspecified atom stereocenters. The monoisotopic (exact) mass is 282 g/mol. The molecule has 1 aromatic rings. The van der Waals surface area contributed by atoms with Crippen molar-refractivity contribution in [3.63, 3.8) is 0 Å². The Morgan fingerprint density at radius 2 is 2.11 bits per heavy atom. The molecule has 104 valence electrons. The highest BCUT2D eigenvalue weighted by atomic mass is 32.2. The minimum Gasteiger partial charge on any atom is -0.398 e. The molecular formula is C13H18N2O3S. The molecule has 2 N–H and O–H groups in total. The number of rotatable bonds is 2. The molecule has 1 fully saturated rings. The number of carbonyl (C=O) groups excluding carboxylic acids is 1. The number of amides is 1. The van der Waals surface area contributed by atoms with Crippen molar-refractivity contribution in [1.82, 2.24) is 4.90 Å². The van der Waals surface area contributed by atoms with Crippen LogP contribution >= 0.6 is 0 Å². The molecule has 5 nitrogen and oxygen atoms in total. The molecular weight excluding hydrogens is 264 g/mol. The van der Waals surface area contributed by atoms with E-state index in [2.05, 4.69) is 0 Å². The minimum absolute atomic E-state index is 0.0427. The molecule has 0 spiro atoms. The zero-order valence-corrected chi connectivity index (χ0v) is 11.9. The van der Waals surface area contributed by atoms with Crippen LogP contribution in [0, 0.1) is 6.92 Å². The van der Waals surface area contributed by atoms with Gasteiger partial charge in [-0.1, -0.05) is 6.07 Å². The summed E-state index contributed by atoms with van der Waals surface area (Å²) in [6.45, 7) is 1.90. The highest BCUT2D eigenvalue weighted by molar-refractivity contribution is 7.91. The van der Waals surface area contributed by atoms with Gasteiger partial charge < -0.3 is 10.6 Å². The number of aryl methyl sites for hydroxylation is 1. The summed E-state index contributed by atoms with van der Waals surface area (Å²) in [6, 6.07) is 5.00. The summed E-state index contributed by atoms with van der Waals surface area (Å²) in [5, 5.41) is 0. The van der Waals surface area contributed by atoms with Gasteiger partial charge in [0.05, 0.1) is 17.1 Å². The van der Waals surface area contributed by atoms with Crippen LogP contribution in [-0.4, -0.2) is 43.8 Å². The lowest BCUT2D eigenvalue weighted by atomic mass is 10.1. The van der Waals surface area contributed by atoms with Crippen LogP contribution in [0.3, 0.4) is 0 Å². The van der Waals surface area contributed by atoms with Crippen LogP contribution in [0.4, 0.5) is 5.69 Å². The van der Waals surface area contributed by atoms with Gasteiger partial charge in [-0.3, -0.25) is 4.79 Å². The van der Waals surface area contributed by atoms with Crippen LogP contribution in [0.25, 0.3) is 0 Å². The number of hydrogen-bond donors (Lipinski definition) is 1. The van der Waals surface area contributed by atoms with E-state index in [1.165, 1.54) is 4.90 Å². The second-order valence-corrected chi connectivity index (χ2v) is 7.29. The smallest absolute Gasteiger partial charge is 0.255 e. The molecule has 1 heterocycles. The quantitative estimate of drug-likeness (QED) is 0.815. The summed E-state index contributed by atoms with van der Waals surface area (Å²) >= 11 is 0. The Labute approximate surface area is 113 Å². The number of nitrogen functional groups attached to an aromatic ring is 1. The summed E-state index contributed by atoms with van der Waals surface area (Å²) in [5.74, 6) is -0.0285. The first kappa shape index (κ1) is 13.9. The Morgan fingerprint density at radius 3 is 2.63 bits per heavy atom. The Balaban J connectivity index is 2.20. The molecule has 1 aromatic carbocycles. The van der Waals surface area contributed by atoms with Crippen molar-refractivity contribution in [2.75, 3.05) is 24.3 Å². The first-order valence-electron chi connectivity index (χ1n) is 6.14. The fourth-order valence-corrected chi connectivity index (χ4v) is 4.09. The summed E-state index contributed by atoms with van der Waals surface area (Å²) in [7, 11) is -1.37. The predicted molar refractivity (Wildman–Crippen MR) is 74.7 cm³/mol. The summed E-state index contributed by atoms with van der Waals surface area (Å²) in [5.41, 5.74) is 7.69. The normalized spacial score (nSPS) is 21.3. The van der Waals surface area contributed by atoms with Gasteiger partial charge in [-0.15, -0.1) is 0 Å². The molecule has 19 heavy (non-hydrogen) atoms. The van der Waals surface area contributed by atoms with E-state index in [0.29, 0.717) is 17.7 Å². The summed E-state index contributed by atoms with van der Waals surface area (Å²) in [6.07, 6.45) is 0.496. The van der Waals surface area contributed by atoms with Crippen molar-refractivity contribution < 1.29 is 13.2 Å². The minimum atomic E-state index is -3.00. The van der Waals surface area contributed by atoms with Gasteiger partial charge >= 0.3 is 0 Å². The highest BCUT2D eigenvalue weighted by Gasteiger charge is 2.33. The van der Waals surface area contributed by atoms with Crippen LogP contribution in [0.2, 0.25) is 0 Å². The zero-order chi connectivity index (χ0) is 14.2. The van der Waals surface area contributed by atoms with Crippen molar-refractivity contribution in [2.24, 2.45) is 0 Å². The SMILES string of the molecule is Cc1ccc(C(=O)N(C)C2CCS(=O)(=O)C2)c(N)c1. The third-order valence-electron chi connectivity index (χ3n) is 3.51. The standard InChI is InChI=1S/C13H18N2O3S/c1-9-3-4-11(12(14)7-9)13(16)15(2)10-5-6-19(17,18)8-10/h3-4,7,10H,5-6,8,14H2,1-2H3. The highest BCUT2D eigenvalue weighted by Crippen LogP contribution is 2.21. The first-order valence-corrected chi connectivity index (χ1v) is 7.96. The molecule has 0 saturated carbocycles. The topological polar surface area (TPSA) is 80.5 Å². The van der Waals surface area contributed by atoms with E-state index >= 15 is 0 Å². The molecule has 6 heteroatoms. The maximum Gasteiger partial charge on any atom is 0.255 e. The molecule has 0 aromatic heterocycles. The van der Waals surface area contributed by atoms with Gasteiger partial charge in [-0.05, 0) is 31.0 Å². The summed E-state index contributed by atoms with van der Waals surface area (Å²) in [4.78, 5) is 13.8. The number of carbonyl (C=O) groups is 1. The Morgan fingerprint density at radius 1 is 1.42 bits per heavy atom. The van der Waals surface area contributed by atoms with Gasteiger partial charge in [-0.25, -0.2) is 8.42 Å². The van der Waals surface area contributed by atoms with Crippen LogP contribution < -0.4 is 5.73 Å². The third-order valence-corrected chi connectivity index (χ3v) is 5.26.